The SMILES string of the molecule is CCC(C)c1ccc(OC/C=C/C(=O)OC)cc1. The number of rotatable bonds is 6. The first-order chi connectivity index (χ1) is 8.67. The second-order valence-electron chi connectivity index (χ2n) is 4.11. The normalized spacial score (nSPS) is 12.4. The van der Waals surface area contributed by atoms with Crippen LogP contribution in [0.4, 0.5) is 0 Å². The number of hydrogen-bond donors (Lipinski definition) is 0. The van der Waals surface area contributed by atoms with Gasteiger partial charge in [-0.3, -0.25) is 0 Å². The van der Waals surface area contributed by atoms with Crippen molar-refractivity contribution in [2.75, 3.05) is 13.7 Å². The Morgan fingerprint density at radius 3 is 2.56 bits per heavy atom. The molecule has 0 aliphatic heterocycles. The maximum atomic E-state index is 10.8. The topological polar surface area (TPSA) is 35.5 Å². The van der Waals surface area contributed by atoms with Crippen LogP contribution in [0.2, 0.25) is 0 Å². The van der Waals surface area contributed by atoms with Crippen LogP contribution in [0.5, 0.6) is 5.75 Å². The van der Waals surface area contributed by atoms with E-state index < -0.39 is 0 Å². The number of benzene rings is 1. The van der Waals surface area contributed by atoms with Crippen molar-refractivity contribution >= 4 is 5.97 Å². The number of ether oxygens (including phenoxy) is 2. The molecule has 3 nitrogen and oxygen atoms in total. The van der Waals surface area contributed by atoms with E-state index in [1.807, 2.05) is 12.1 Å². The van der Waals surface area contributed by atoms with Crippen LogP contribution in [-0.4, -0.2) is 19.7 Å². The summed E-state index contributed by atoms with van der Waals surface area (Å²) < 4.78 is 9.95. The molecule has 0 aliphatic rings. The summed E-state index contributed by atoms with van der Waals surface area (Å²) in [4.78, 5) is 10.8. The molecule has 0 aromatic heterocycles. The first-order valence-corrected chi connectivity index (χ1v) is 6.14. The Morgan fingerprint density at radius 1 is 1.33 bits per heavy atom. The summed E-state index contributed by atoms with van der Waals surface area (Å²) in [7, 11) is 1.35. The van der Waals surface area contributed by atoms with Gasteiger partial charge in [0.1, 0.15) is 12.4 Å². The summed E-state index contributed by atoms with van der Waals surface area (Å²) in [5.74, 6) is 1.00. The van der Waals surface area contributed by atoms with Crippen molar-refractivity contribution in [3.8, 4) is 5.75 Å². The Bertz CT molecular complexity index is 393. The Kier molecular flexibility index (Phi) is 5.98. The lowest BCUT2D eigenvalue weighted by Crippen LogP contribution is -1.98. The molecular weight excluding hydrogens is 228 g/mol. The minimum atomic E-state index is -0.370. The zero-order valence-electron chi connectivity index (χ0n) is 11.2. The molecule has 0 radical (unpaired) electrons. The summed E-state index contributed by atoms with van der Waals surface area (Å²) in [6.07, 6.45) is 4.12. The van der Waals surface area contributed by atoms with Gasteiger partial charge in [0.25, 0.3) is 0 Å². The average Bonchev–Trinajstić information content (AvgIpc) is 2.43. The van der Waals surface area contributed by atoms with E-state index in [1.165, 1.54) is 18.7 Å². The molecule has 0 N–H and O–H groups in total. The van der Waals surface area contributed by atoms with Crippen LogP contribution >= 0.6 is 0 Å². The fraction of sp³-hybridized carbons (Fsp3) is 0.400. The maximum Gasteiger partial charge on any atom is 0.330 e. The third-order valence-corrected chi connectivity index (χ3v) is 2.86. The number of methoxy groups -OCH3 is 1. The summed E-state index contributed by atoms with van der Waals surface area (Å²) in [5, 5.41) is 0. The van der Waals surface area contributed by atoms with Gasteiger partial charge in [-0.05, 0) is 36.1 Å². The molecule has 98 valence electrons. The van der Waals surface area contributed by atoms with Crippen molar-refractivity contribution in [1.82, 2.24) is 0 Å². The smallest absolute Gasteiger partial charge is 0.330 e. The largest absolute Gasteiger partial charge is 0.490 e. The molecule has 0 spiro atoms. The highest BCUT2D eigenvalue weighted by molar-refractivity contribution is 5.81. The maximum absolute atomic E-state index is 10.8. The van der Waals surface area contributed by atoms with E-state index in [0.717, 1.165) is 12.2 Å². The van der Waals surface area contributed by atoms with E-state index in [0.29, 0.717) is 12.5 Å². The van der Waals surface area contributed by atoms with Gasteiger partial charge >= 0.3 is 5.97 Å². The van der Waals surface area contributed by atoms with Crippen LogP contribution in [0.3, 0.4) is 0 Å². The van der Waals surface area contributed by atoms with Crippen molar-refractivity contribution in [2.45, 2.75) is 26.2 Å². The molecule has 3 heteroatoms. The highest BCUT2D eigenvalue weighted by Gasteiger charge is 2.02. The lowest BCUT2D eigenvalue weighted by molar-refractivity contribution is -0.134. The van der Waals surface area contributed by atoms with E-state index >= 15 is 0 Å². The summed E-state index contributed by atoms with van der Waals surface area (Å²) in [6.45, 7) is 4.74. The standard InChI is InChI=1S/C15H20O3/c1-4-12(2)13-7-9-14(10-8-13)18-11-5-6-15(16)17-3/h5-10,12H,4,11H2,1-3H3/b6-5+. The van der Waals surface area contributed by atoms with Gasteiger partial charge in [-0.15, -0.1) is 0 Å². The van der Waals surface area contributed by atoms with Crippen molar-refractivity contribution in [1.29, 1.82) is 0 Å². The number of esters is 1. The lowest BCUT2D eigenvalue weighted by atomic mass is 9.99. The first kappa shape index (κ1) is 14.3. The molecule has 0 amide bonds. The van der Waals surface area contributed by atoms with Gasteiger partial charge in [0.05, 0.1) is 7.11 Å². The van der Waals surface area contributed by atoms with Crippen molar-refractivity contribution in [3.05, 3.63) is 42.0 Å². The third kappa shape index (κ3) is 4.62. The van der Waals surface area contributed by atoms with E-state index in [4.69, 9.17) is 4.74 Å². The van der Waals surface area contributed by atoms with Gasteiger partial charge < -0.3 is 9.47 Å². The minimum absolute atomic E-state index is 0.359. The monoisotopic (exact) mass is 248 g/mol. The minimum Gasteiger partial charge on any atom is -0.490 e. The predicted molar refractivity (Wildman–Crippen MR) is 71.8 cm³/mol. The Hall–Kier alpha value is -1.77. The first-order valence-electron chi connectivity index (χ1n) is 6.14. The third-order valence-electron chi connectivity index (χ3n) is 2.86. The number of carbonyl (C=O) groups is 1. The summed E-state index contributed by atoms with van der Waals surface area (Å²) in [5.41, 5.74) is 1.31. The quantitative estimate of drug-likeness (QED) is 0.572. The molecular formula is C15H20O3. The highest BCUT2D eigenvalue weighted by Crippen LogP contribution is 2.21. The second-order valence-corrected chi connectivity index (χ2v) is 4.11. The van der Waals surface area contributed by atoms with Crippen LogP contribution in [0.25, 0.3) is 0 Å². The molecule has 0 aliphatic carbocycles. The predicted octanol–water partition coefficient (Wildman–Crippen LogP) is 3.31. The molecule has 1 rings (SSSR count). The molecule has 1 aromatic rings. The average molecular weight is 248 g/mol. The van der Waals surface area contributed by atoms with Crippen molar-refractivity contribution < 1.29 is 14.3 Å². The van der Waals surface area contributed by atoms with Gasteiger partial charge in [-0.2, -0.15) is 0 Å². The molecule has 0 saturated heterocycles. The van der Waals surface area contributed by atoms with Crippen LogP contribution in [0, 0.1) is 0 Å². The second kappa shape index (κ2) is 7.54. The van der Waals surface area contributed by atoms with Crippen LogP contribution in [-0.2, 0) is 9.53 Å². The Labute approximate surface area is 108 Å². The van der Waals surface area contributed by atoms with Gasteiger partial charge in [0.2, 0.25) is 0 Å². The number of carbonyl (C=O) groups excluding carboxylic acids is 1. The van der Waals surface area contributed by atoms with Crippen LogP contribution < -0.4 is 4.74 Å². The van der Waals surface area contributed by atoms with Gasteiger partial charge in [-0.1, -0.05) is 26.0 Å². The molecule has 0 heterocycles. The van der Waals surface area contributed by atoms with Crippen LogP contribution in [0.1, 0.15) is 31.7 Å². The van der Waals surface area contributed by atoms with E-state index in [1.54, 1.807) is 6.08 Å². The number of hydrogen-bond acceptors (Lipinski definition) is 3. The lowest BCUT2D eigenvalue weighted by Gasteiger charge is -2.09. The fourth-order valence-corrected chi connectivity index (χ4v) is 1.49. The summed E-state index contributed by atoms with van der Waals surface area (Å²) in [6, 6.07) is 8.06. The van der Waals surface area contributed by atoms with Crippen molar-refractivity contribution in [3.63, 3.8) is 0 Å². The molecule has 0 saturated carbocycles. The molecule has 1 aromatic carbocycles. The zero-order valence-corrected chi connectivity index (χ0v) is 11.2. The zero-order chi connectivity index (χ0) is 13.4. The molecule has 18 heavy (non-hydrogen) atoms. The van der Waals surface area contributed by atoms with Crippen LogP contribution in [0.15, 0.2) is 36.4 Å². The molecule has 0 bridgehead atoms. The molecule has 1 unspecified atom stereocenters. The Balaban J connectivity index is 2.44. The van der Waals surface area contributed by atoms with Gasteiger partial charge in [-0.25, -0.2) is 4.79 Å². The van der Waals surface area contributed by atoms with Gasteiger partial charge in [0.15, 0.2) is 0 Å². The highest BCUT2D eigenvalue weighted by atomic mass is 16.5. The Morgan fingerprint density at radius 2 is 2.00 bits per heavy atom. The molecule has 0 fully saturated rings. The van der Waals surface area contributed by atoms with Crippen molar-refractivity contribution in [2.24, 2.45) is 0 Å². The summed E-state index contributed by atoms with van der Waals surface area (Å²) >= 11 is 0. The van der Waals surface area contributed by atoms with E-state index in [2.05, 4.69) is 30.7 Å². The fourth-order valence-electron chi connectivity index (χ4n) is 1.49. The van der Waals surface area contributed by atoms with E-state index in [-0.39, 0.29) is 5.97 Å². The van der Waals surface area contributed by atoms with E-state index in [9.17, 15) is 4.79 Å². The van der Waals surface area contributed by atoms with Gasteiger partial charge in [0, 0.05) is 6.08 Å². The molecule has 1 atom stereocenters.